The summed E-state index contributed by atoms with van der Waals surface area (Å²) in [5, 5.41) is 10.3. The molecule has 0 fully saturated rings. The number of alkyl halides is 1. The zero-order chi connectivity index (χ0) is 16.4. The van der Waals surface area contributed by atoms with Crippen molar-refractivity contribution in [3.05, 3.63) is 71.3 Å². The van der Waals surface area contributed by atoms with E-state index < -0.39 is 12.1 Å². The van der Waals surface area contributed by atoms with Gasteiger partial charge >= 0.3 is 0 Å². The van der Waals surface area contributed by atoms with Crippen LogP contribution in [0.25, 0.3) is 0 Å². The van der Waals surface area contributed by atoms with E-state index in [0.29, 0.717) is 17.5 Å². The SMILES string of the molecule is O=C1c2ccccc2C(=O)N1C(Cc1ccccc1)[C@@H](O)CCl. The van der Waals surface area contributed by atoms with Gasteiger partial charge in [0.05, 0.1) is 29.2 Å². The molecular formula is C18H16ClNO3. The van der Waals surface area contributed by atoms with Gasteiger partial charge in [-0.3, -0.25) is 14.5 Å². The van der Waals surface area contributed by atoms with Crippen molar-refractivity contribution in [3.8, 4) is 0 Å². The molecule has 23 heavy (non-hydrogen) atoms. The smallest absolute Gasteiger partial charge is 0.261 e. The Hall–Kier alpha value is -2.17. The first-order valence-electron chi connectivity index (χ1n) is 7.38. The Balaban J connectivity index is 1.95. The lowest BCUT2D eigenvalue weighted by Crippen LogP contribution is -2.49. The maximum absolute atomic E-state index is 12.6. The molecule has 2 amide bonds. The molecule has 1 heterocycles. The van der Waals surface area contributed by atoms with Crippen molar-refractivity contribution in [1.29, 1.82) is 0 Å². The number of aliphatic hydroxyl groups is 1. The van der Waals surface area contributed by atoms with E-state index in [1.54, 1.807) is 24.3 Å². The first kappa shape index (κ1) is 15.7. The van der Waals surface area contributed by atoms with Crippen LogP contribution in [0, 0.1) is 0 Å². The van der Waals surface area contributed by atoms with Crippen LogP contribution in [0.15, 0.2) is 54.6 Å². The molecule has 118 valence electrons. The van der Waals surface area contributed by atoms with E-state index in [1.165, 1.54) is 0 Å². The second-order valence-electron chi connectivity index (χ2n) is 5.50. The first-order chi connectivity index (χ1) is 11.1. The van der Waals surface area contributed by atoms with Gasteiger partial charge in [-0.1, -0.05) is 42.5 Å². The van der Waals surface area contributed by atoms with Gasteiger partial charge in [0, 0.05) is 0 Å². The molecule has 2 atom stereocenters. The van der Waals surface area contributed by atoms with Gasteiger partial charge in [0.1, 0.15) is 0 Å². The van der Waals surface area contributed by atoms with E-state index in [4.69, 9.17) is 11.6 Å². The number of rotatable bonds is 5. The minimum absolute atomic E-state index is 0.0507. The Morgan fingerprint density at radius 3 is 1.96 bits per heavy atom. The largest absolute Gasteiger partial charge is 0.390 e. The van der Waals surface area contributed by atoms with Crippen LogP contribution in [-0.2, 0) is 6.42 Å². The Labute approximate surface area is 139 Å². The minimum Gasteiger partial charge on any atom is -0.390 e. The molecule has 0 aromatic heterocycles. The van der Waals surface area contributed by atoms with Crippen molar-refractivity contribution < 1.29 is 14.7 Å². The molecule has 1 aliphatic heterocycles. The van der Waals surface area contributed by atoms with Crippen LogP contribution in [0.1, 0.15) is 26.3 Å². The fourth-order valence-electron chi connectivity index (χ4n) is 2.87. The van der Waals surface area contributed by atoms with Crippen molar-refractivity contribution >= 4 is 23.4 Å². The van der Waals surface area contributed by atoms with Gasteiger partial charge in [-0.05, 0) is 24.1 Å². The van der Waals surface area contributed by atoms with E-state index in [1.807, 2.05) is 30.3 Å². The average Bonchev–Trinajstić information content (AvgIpc) is 2.85. The van der Waals surface area contributed by atoms with Crippen molar-refractivity contribution in [2.45, 2.75) is 18.6 Å². The first-order valence-corrected chi connectivity index (χ1v) is 7.92. The Kier molecular flexibility index (Phi) is 4.46. The summed E-state index contributed by atoms with van der Waals surface area (Å²) in [5.41, 5.74) is 1.67. The van der Waals surface area contributed by atoms with Gasteiger partial charge in [-0.2, -0.15) is 0 Å². The van der Waals surface area contributed by atoms with Crippen LogP contribution in [0.2, 0.25) is 0 Å². The number of aliphatic hydroxyl groups excluding tert-OH is 1. The van der Waals surface area contributed by atoms with Gasteiger partial charge < -0.3 is 5.11 Å². The number of amides is 2. The normalized spacial score (nSPS) is 16.3. The lowest BCUT2D eigenvalue weighted by molar-refractivity contribution is 0.0388. The quantitative estimate of drug-likeness (QED) is 0.677. The maximum atomic E-state index is 12.6. The highest BCUT2D eigenvalue weighted by Gasteiger charge is 2.42. The molecule has 0 aliphatic carbocycles. The number of nitrogens with zero attached hydrogens (tertiary/aromatic N) is 1. The number of carbonyl (C=O) groups is 2. The van der Waals surface area contributed by atoms with Gasteiger partial charge in [-0.25, -0.2) is 0 Å². The summed E-state index contributed by atoms with van der Waals surface area (Å²) in [7, 11) is 0. The second-order valence-corrected chi connectivity index (χ2v) is 5.81. The third-order valence-electron chi connectivity index (χ3n) is 4.05. The zero-order valence-electron chi connectivity index (χ0n) is 12.4. The van der Waals surface area contributed by atoms with Gasteiger partial charge in [0.2, 0.25) is 0 Å². The molecule has 0 saturated carbocycles. The summed E-state index contributed by atoms with van der Waals surface area (Å²) >= 11 is 5.80. The van der Waals surface area contributed by atoms with Gasteiger partial charge in [0.25, 0.3) is 11.8 Å². The van der Waals surface area contributed by atoms with Crippen LogP contribution in [0.4, 0.5) is 0 Å². The highest BCUT2D eigenvalue weighted by atomic mass is 35.5. The highest BCUT2D eigenvalue weighted by Crippen LogP contribution is 2.27. The van der Waals surface area contributed by atoms with Crippen LogP contribution < -0.4 is 0 Å². The molecule has 5 heteroatoms. The van der Waals surface area contributed by atoms with Crippen LogP contribution in [0.5, 0.6) is 0 Å². The molecule has 4 nitrogen and oxygen atoms in total. The number of benzene rings is 2. The van der Waals surface area contributed by atoms with Gasteiger partial charge in [-0.15, -0.1) is 11.6 Å². The van der Waals surface area contributed by atoms with Crippen LogP contribution >= 0.6 is 11.6 Å². The van der Waals surface area contributed by atoms with Crippen LogP contribution in [-0.4, -0.2) is 39.8 Å². The predicted molar refractivity (Wildman–Crippen MR) is 87.6 cm³/mol. The number of imide groups is 1. The van der Waals surface area contributed by atoms with Crippen LogP contribution in [0.3, 0.4) is 0 Å². The third-order valence-corrected chi connectivity index (χ3v) is 4.36. The summed E-state index contributed by atoms with van der Waals surface area (Å²) in [5.74, 6) is -0.809. The van der Waals surface area contributed by atoms with E-state index in [0.717, 1.165) is 10.5 Å². The standard InChI is InChI=1S/C18H16ClNO3/c19-11-16(21)15(10-12-6-2-1-3-7-12)20-17(22)13-8-4-5-9-14(13)18(20)23/h1-9,15-16,21H,10-11H2/t15?,16-/m0/s1. The molecule has 2 aromatic carbocycles. The molecule has 1 aliphatic rings. The maximum Gasteiger partial charge on any atom is 0.261 e. The third kappa shape index (κ3) is 2.87. The van der Waals surface area contributed by atoms with Crippen molar-refractivity contribution in [1.82, 2.24) is 4.90 Å². The number of fused-ring (bicyclic) bond motifs is 1. The summed E-state index contributed by atoms with van der Waals surface area (Å²) in [4.78, 5) is 26.4. The van der Waals surface area contributed by atoms with E-state index in [9.17, 15) is 14.7 Å². The lowest BCUT2D eigenvalue weighted by Gasteiger charge is -2.29. The summed E-state index contributed by atoms with van der Waals surface area (Å²) in [6, 6.07) is 15.4. The minimum atomic E-state index is -0.987. The summed E-state index contributed by atoms with van der Waals surface area (Å²) in [6.45, 7) is 0. The molecule has 3 rings (SSSR count). The zero-order valence-corrected chi connectivity index (χ0v) is 13.1. The summed E-state index contributed by atoms with van der Waals surface area (Å²) < 4.78 is 0. The average molecular weight is 330 g/mol. The Morgan fingerprint density at radius 2 is 1.43 bits per heavy atom. The highest BCUT2D eigenvalue weighted by molar-refractivity contribution is 6.22. The van der Waals surface area contributed by atoms with E-state index >= 15 is 0 Å². The molecule has 0 saturated heterocycles. The van der Waals surface area contributed by atoms with E-state index in [2.05, 4.69) is 0 Å². The number of carbonyl (C=O) groups excluding carboxylic acids is 2. The fraction of sp³-hybridized carbons (Fsp3) is 0.222. The Bertz CT molecular complexity index is 697. The number of halogens is 1. The molecule has 1 unspecified atom stereocenters. The predicted octanol–water partition coefficient (Wildman–Crippen LogP) is 2.49. The van der Waals surface area contributed by atoms with Crippen molar-refractivity contribution in [3.63, 3.8) is 0 Å². The number of hydrogen-bond donors (Lipinski definition) is 1. The molecule has 0 bridgehead atoms. The molecular weight excluding hydrogens is 314 g/mol. The molecule has 1 N–H and O–H groups in total. The van der Waals surface area contributed by atoms with Gasteiger partial charge in [0.15, 0.2) is 0 Å². The van der Waals surface area contributed by atoms with Crippen molar-refractivity contribution in [2.24, 2.45) is 0 Å². The topological polar surface area (TPSA) is 57.6 Å². The Morgan fingerprint density at radius 1 is 0.913 bits per heavy atom. The lowest BCUT2D eigenvalue weighted by atomic mass is 10.0. The number of hydrogen-bond acceptors (Lipinski definition) is 3. The van der Waals surface area contributed by atoms with Crippen molar-refractivity contribution in [2.75, 3.05) is 5.88 Å². The summed E-state index contributed by atoms with van der Waals surface area (Å²) in [6.07, 6.45) is -0.626. The molecule has 0 radical (unpaired) electrons. The fourth-order valence-corrected chi connectivity index (χ4v) is 3.07. The molecule has 0 spiro atoms. The van der Waals surface area contributed by atoms with E-state index in [-0.39, 0.29) is 17.7 Å². The monoisotopic (exact) mass is 329 g/mol. The second kappa shape index (κ2) is 6.52. The molecule has 2 aromatic rings.